The zero-order chi connectivity index (χ0) is 7.94. The summed E-state index contributed by atoms with van der Waals surface area (Å²) in [5.74, 6) is 0. The Morgan fingerprint density at radius 3 is 2.64 bits per heavy atom. The fourth-order valence-corrected chi connectivity index (χ4v) is 2.31. The molecular formula is C9H12OZn. The average molecular weight is 202 g/mol. The van der Waals surface area contributed by atoms with E-state index in [1.807, 2.05) is 6.07 Å². The Morgan fingerprint density at radius 2 is 2.00 bits per heavy atom. The Bertz CT molecular complexity index is 186. The van der Waals surface area contributed by atoms with Crippen molar-refractivity contribution < 1.29 is 21.1 Å². The molecule has 0 unspecified atom stereocenters. The summed E-state index contributed by atoms with van der Waals surface area (Å²) in [5, 5.41) is 1.28. The first kappa shape index (κ1) is 8.90. The van der Waals surface area contributed by atoms with Crippen molar-refractivity contribution in [2.45, 2.75) is 18.5 Å². The van der Waals surface area contributed by atoms with E-state index in [1.54, 1.807) is 0 Å². The zero-order valence-corrected chi connectivity index (χ0v) is 9.88. The molecule has 2 heteroatoms. The monoisotopic (exact) mass is 200 g/mol. The molecule has 0 spiro atoms. The third-order valence-corrected chi connectivity index (χ3v) is 3.35. The molecule has 0 amide bonds. The van der Waals surface area contributed by atoms with Gasteiger partial charge >= 0.3 is 75.5 Å². The van der Waals surface area contributed by atoms with Crippen LogP contribution in [0, 0.1) is 0 Å². The van der Waals surface area contributed by atoms with Crippen LogP contribution in [-0.2, 0) is 27.7 Å². The molecular weight excluding hydrogens is 189 g/mol. The quantitative estimate of drug-likeness (QED) is 0.538. The van der Waals surface area contributed by atoms with Gasteiger partial charge in [0.1, 0.15) is 0 Å². The van der Waals surface area contributed by atoms with Gasteiger partial charge in [0.2, 0.25) is 0 Å². The Hall–Kier alpha value is -0.197. The Labute approximate surface area is 75.8 Å². The van der Waals surface area contributed by atoms with E-state index < -0.39 is 17.5 Å². The van der Waals surface area contributed by atoms with E-state index in [2.05, 4.69) is 31.2 Å². The molecule has 0 heterocycles. The molecule has 0 bridgehead atoms. The van der Waals surface area contributed by atoms with E-state index in [9.17, 15) is 0 Å². The molecule has 0 N–H and O–H groups in total. The first-order valence-corrected chi connectivity index (χ1v) is 7.36. The summed E-state index contributed by atoms with van der Waals surface area (Å²) in [6.45, 7) is 3.03. The molecule has 1 rings (SSSR count). The van der Waals surface area contributed by atoms with Crippen molar-refractivity contribution in [3.63, 3.8) is 0 Å². The van der Waals surface area contributed by atoms with Gasteiger partial charge in [-0.2, -0.15) is 0 Å². The van der Waals surface area contributed by atoms with Gasteiger partial charge in [-0.25, -0.2) is 0 Å². The van der Waals surface area contributed by atoms with Crippen LogP contribution in [0.25, 0.3) is 0 Å². The second-order valence-corrected chi connectivity index (χ2v) is 6.35. The van der Waals surface area contributed by atoms with E-state index in [4.69, 9.17) is 3.56 Å². The second kappa shape index (κ2) is 5.45. The fraction of sp³-hybridized carbons (Fsp3) is 0.333. The molecule has 11 heavy (non-hydrogen) atoms. The first-order valence-electron chi connectivity index (χ1n) is 4.05. The number of rotatable bonds is 4. The summed E-state index contributed by atoms with van der Waals surface area (Å²) in [6, 6.07) is 10.4. The van der Waals surface area contributed by atoms with Crippen molar-refractivity contribution >= 4 is 0 Å². The van der Waals surface area contributed by atoms with Crippen LogP contribution in [0.5, 0.6) is 0 Å². The normalized spacial score (nSPS) is 9.18. The summed E-state index contributed by atoms with van der Waals surface area (Å²) in [5.41, 5.74) is 1.30. The van der Waals surface area contributed by atoms with E-state index in [-0.39, 0.29) is 0 Å². The van der Waals surface area contributed by atoms with E-state index in [0.29, 0.717) is 0 Å². The SMILES string of the molecule is C[CH2][Zn][O]Cc1ccccc1. The first-order chi connectivity index (χ1) is 5.43. The summed E-state index contributed by atoms with van der Waals surface area (Å²) < 4.78 is 5.56. The molecule has 1 nitrogen and oxygen atoms in total. The minimum atomic E-state index is -0.599. The molecule has 0 saturated heterocycles. The Balaban J connectivity index is 2.28. The van der Waals surface area contributed by atoms with Gasteiger partial charge in [-0.3, -0.25) is 0 Å². The van der Waals surface area contributed by atoms with Crippen molar-refractivity contribution in [1.82, 2.24) is 0 Å². The van der Waals surface area contributed by atoms with Crippen molar-refractivity contribution in [3.05, 3.63) is 35.9 Å². The minimum absolute atomic E-state index is 0.599. The van der Waals surface area contributed by atoms with Gasteiger partial charge in [0, 0.05) is 0 Å². The standard InChI is InChI=1S/C7H7O.C2H5.Zn/c8-6-7-4-2-1-3-5-7;1-2;/h1-5H,6H2;1H2,2H3;/q-1;;+1. The van der Waals surface area contributed by atoms with Gasteiger partial charge in [0.15, 0.2) is 0 Å². The van der Waals surface area contributed by atoms with Crippen LogP contribution < -0.4 is 0 Å². The summed E-state index contributed by atoms with van der Waals surface area (Å²) in [4.78, 5) is 0. The number of hydrogen-bond acceptors (Lipinski definition) is 1. The van der Waals surface area contributed by atoms with Crippen molar-refractivity contribution in [1.29, 1.82) is 0 Å². The molecule has 0 aromatic heterocycles. The molecule has 0 atom stereocenters. The number of benzene rings is 1. The van der Waals surface area contributed by atoms with E-state index >= 15 is 0 Å². The maximum atomic E-state index is 5.56. The molecule has 0 fully saturated rings. The summed E-state index contributed by atoms with van der Waals surface area (Å²) in [6.07, 6.45) is 0. The Morgan fingerprint density at radius 1 is 1.27 bits per heavy atom. The molecule has 0 radical (unpaired) electrons. The third-order valence-electron chi connectivity index (χ3n) is 1.46. The summed E-state index contributed by atoms with van der Waals surface area (Å²) in [7, 11) is 0. The predicted octanol–water partition coefficient (Wildman–Crippen LogP) is 2.64. The third kappa shape index (κ3) is 3.64. The van der Waals surface area contributed by atoms with Crippen LogP contribution in [0.2, 0.25) is 5.02 Å². The molecule has 1 aromatic carbocycles. The second-order valence-electron chi connectivity index (χ2n) is 2.54. The van der Waals surface area contributed by atoms with Crippen molar-refractivity contribution in [2.24, 2.45) is 0 Å². The van der Waals surface area contributed by atoms with Crippen molar-refractivity contribution in [3.8, 4) is 0 Å². The van der Waals surface area contributed by atoms with Gasteiger partial charge in [-0.1, -0.05) is 0 Å². The van der Waals surface area contributed by atoms with Crippen LogP contribution in [0.15, 0.2) is 30.3 Å². The summed E-state index contributed by atoms with van der Waals surface area (Å²) >= 11 is -0.599. The van der Waals surface area contributed by atoms with Gasteiger partial charge < -0.3 is 0 Å². The topological polar surface area (TPSA) is 9.23 Å². The van der Waals surface area contributed by atoms with Crippen LogP contribution >= 0.6 is 0 Å². The van der Waals surface area contributed by atoms with Gasteiger partial charge in [0.05, 0.1) is 0 Å². The average Bonchev–Trinajstić information content (AvgIpc) is 2.07. The zero-order valence-electron chi connectivity index (χ0n) is 6.92. The molecule has 0 aliphatic rings. The van der Waals surface area contributed by atoms with Crippen LogP contribution in [-0.4, -0.2) is 0 Å². The Kier molecular flexibility index (Phi) is 4.41. The van der Waals surface area contributed by atoms with Gasteiger partial charge in [0.25, 0.3) is 0 Å². The maximum absolute atomic E-state index is 5.56. The van der Waals surface area contributed by atoms with E-state index in [1.165, 1.54) is 10.6 Å². The fourth-order valence-electron chi connectivity index (χ4n) is 0.909. The van der Waals surface area contributed by atoms with Gasteiger partial charge in [-0.15, -0.1) is 0 Å². The van der Waals surface area contributed by atoms with Crippen LogP contribution in [0.3, 0.4) is 0 Å². The molecule has 0 aliphatic heterocycles. The van der Waals surface area contributed by atoms with E-state index in [0.717, 1.165) is 6.61 Å². The number of hydrogen-bond donors (Lipinski definition) is 0. The molecule has 1 aromatic rings. The predicted molar refractivity (Wildman–Crippen MR) is 41.7 cm³/mol. The molecule has 56 valence electrons. The van der Waals surface area contributed by atoms with Crippen LogP contribution in [0.1, 0.15) is 12.5 Å². The van der Waals surface area contributed by atoms with Crippen molar-refractivity contribution in [2.75, 3.05) is 0 Å². The van der Waals surface area contributed by atoms with Gasteiger partial charge in [-0.05, 0) is 0 Å². The molecule has 0 saturated carbocycles. The molecule has 0 aliphatic carbocycles. The van der Waals surface area contributed by atoms with Crippen LogP contribution in [0.4, 0.5) is 0 Å².